The van der Waals surface area contributed by atoms with Gasteiger partial charge in [0.25, 0.3) is 0 Å². The predicted octanol–water partition coefficient (Wildman–Crippen LogP) is 4.30. The zero-order valence-electron chi connectivity index (χ0n) is 12.0. The third kappa shape index (κ3) is 4.69. The molecule has 0 saturated heterocycles. The number of unbranched alkanes of at least 4 members (excludes halogenated alkanes) is 1. The topological polar surface area (TPSA) is 35.2 Å². The van der Waals surface area contributed by atoms with E-state index in [0.717, 1.165) is 18.1 Å². The van der Waals surface area contributed by atoms with Crippen LogP contribution in [-0.4, -0.2) is 7.11 Å². The average Bonchev–Trinajstić information content (AvgIpc) is 2.43. The molecule has 0 aliphatic carbocycles. The van der Waals surface area contributed by atoms with E-state index in [-0.39, 0.29) is 6.04 Å². The molecule has 0 heterocycles. The highest BCUT2D eigenvalue weighted by molar-refractivity contribution is 5.28. The van der Waals surface area contributed by atoms with Gasteiger partial charge in [0.05, 0.1) is 7.11 Å². The normalized spacial score (nSPS) is 14.2. The monoisotopic (exact) mass is 249 g/mol. The minimum Gasteiger partial charge on any atom is -0.497 e. The lowest BCUT2D eigenvalue weighted by Gasteiger charge is -2.20. The summed E-state index contributed by atoms with van der Waals surface area (Å²) >= 11 is 0. The van der Waals surface area contributed by atoms with Crippen LogP contribution in [0.4, 0.5) is 0 Å². The molecule has 1 rings (SSSR count). The highest BCUT2D eigenvalue weighted by Crippen LogP contribution is 2.26. The van der Waals surface area contributed by atoms with E-state index in [2.05, 4.69) is 26.0 Å². The van der Waals surface area contributed by atoms with E-state index in [1.807, 2.05) is 12.1 Å². The van der Waals surface area contributed by atoms with Crippen molar-refractivity contribution in [2.75, 3.05) is 7.11 Å². The lowest BCUT2D eigenvalue weighted by Crippen LogP contribution is -2.15. The van der Waals surface area contributed by atoms with Crippen molar-refractivity contribution in [3.05, 3.63) is 29.8 Å². The quantitative estimate of drug-likeness (QED) is 0.745. The molecule has 102 valence electrons. The molecule has 0 spiro atoms. The Bertz CT molecular complexity index is 320. The summed E-state index contributed by atoms with van der Waals surface area (Å²) in [5, 5.41) is 0. The Labute approximate surface area is 112 Å². The average molecular weight is 249 g/mol. The number of methoxy groups -OCH3 is 1. The highest BCUT2D eigenvalue weighted by Gasteiger charge is 2.13. The molecule has 2 atom stereocenters. The minimum atomic E-state index is 0.151. The molecule has 0 bridgehead atoms. The van der Waals surface area contributed by atoms with E-state index in [9.17, 15) is 0 Å². The number of benzene rings is 1. The van der Waals surface area contributed by atoms with Gasteiger partial charge >= 0.3 is 0 Å². The van der Waals surface area contributed by atoms with Crippen LogP contribution in [0, 0.1) is 5.92 Å². The maximum atomic E-state index is 6.29. The van der Waals surface area contributed by atoms with Crippen LogP contribution in [0.25, 0.3) is 0 Å². The Hall–Kier alpha value is -1.02. The maximum Gasteiger partial charge on any atom is 0.118 e. The predicted molar refractivity (Wildman–Crippen MR) is 77.8 cm³/mol. The van der Waals surface area contributed by atoms with Gasteiger partial charge in [0.1, 0.15) is 5.75 Å². The molecular formula is C16H27NO. The van der Waals surface area contributed by atoms with Crippen molar-refractivity contribution in [1.29, 1.82) is 0 Å². The van der Waals surface area contributed by atoms with Gasteiger partial charge in [-0.2, -0.15) is 0 Å². The first kappa shape index (κ1) is 15.0. The number of rotatable bonds is 8. The molecule has 1 aromatic rings. The second-order valence-corrected chi connectivity index (χ2v) is 5.03. The summed E-state index contributed by atoms with van der Waals surface area (Å²) in [6, 6.07) is 8.29. The van der Waals surface area contributed by atoms with Crippen molar-refractivity contribution in [3.8, 4) is 5.75 Å². The summed E-state index contributed by atoms with van der Waals surface area (Å²) < 4.78 is 5.16. The van der Waals surface area contributed by atoms with Crippen LogP contribution in [0.2, 0.25) is 0 Å². The molecular weight excluding hydrogens is 222 g/mol. The first-order chi connectivity index (χ1) is 8.71. The fourth-order valence-corrected chi connectivity index (χ4v) is 2.33. The van der Waals surface area contributed by atoms with Crippen molar-refractivity contribution >= 4 is 0 Å². The Morgan fingerprint density at radius 1 is 1.17 bits per heavy atom. The van der Waals surface area contributed by atoms with Gasteiger partial charge in [-0.15, -0.1) is 0 Å². The third-order valence-corrected chi connectivity index (χ3v) is 3.67. The molecule has 2 heteroatoms. The maximum absolute atomic E-state index is 6.29. The number of hydrogen-bond acceptors (Lipinski definition) is 2. The molecule has 1 aromatic carbocycles. The fourth-order valence-electron chi connectivity index (χ4n) is 2.33. The molecule has 0 aliphatic heterocycles. The second-order valence-electron chi connectivity index (χ2n) is 5.03. The lowest BCUT2D eigenvalue weighted by molar-refractivity contribution is 0.387. The molecule has 0 aromatic heterocycles. The van der Waals surface area contributed by atoms with E-state index in [1.54, 1.807) is 7.11 Å². The van der Waals surface area contributed by atoms with Crippen LogP contribution in [0.15, 0.2) is 24.3 Å². The van der Waals surface area contributed by atoms with Crippen molar-refractivity contribution in [2.45, 2.75) is 52.0 Å². The van der Waals surface area contributed by atoms with Crippen molar-refractivity contribution in [3.63, 3.8) is 0 Å². The molecule has 0 radical (unpaired) electrons. The Morgan fingerprint density at radius 2 is 1.83 bits per heavy atom. The van der Waals surface area contributed by atoms with E-state index >= 15 is 0 Å². The number of nitrogens with two attached hydrogens (primary N) is 1. The summed E-state index contributed by atoms with van der Waals surface area (Å²) in [6.45, 7) is 4.51. The minimum absolute atomic E-state index is 0.151. The Morgan fingerprint density at radius 3 is 2.33 bits per heavy atom. The Balaban J connectivity index is 2.53. The zero-order chi connectivity index (χ0) is 13.4. The SMILES string of the molecule is CCCCC(CC)CC(N)c1ccc(OC)cc1. The van der Waals surface area contributed by atoms with Gasteiger partial charge in [0.2, 0.25) is 0 Å². The van der Waals surface area contributed by atoms with Crippen LogP contribution < -0.4 is 10.5 Å². The van der Waals surface area contributed by atoms with Gasteiger partial charge in [0, 0.05) is 6.04 Å². The van der Waals surface area contributed by atoms with Crippen LogP contribution in [0.5, 0.6) is 5.75 Å². The van der Waals surface area contributed by atoms with Crippen molar-refractivity contribution < 1.29 is 4.74 Å². The first-order valence-corrected chi connectivity index (χ1v) is 7.10. The highest BCUT2D eigenvalue weighted by atomic mass is 16.5. The van der Waals surface area contributed by atoms with E-state index in [0.29, 0.717) is 0 Å². The molecule has 18 heavy (non-hydrogen) atoms. The van der Waals surface area contributed by atoms with Crippen LogP contribution >= 0.6 is 0 Å². The summed E-state index contributed by atoms with van der Waals surface area (Å²) in [7, 11) is 1.69. The largest absolute Gasteiger partial charge is 0.497 e. The van der Waals surface area contributed by atoms with E-state index < -0.39 is 0 Å². The van der Waals surface area contributed by atoms with Gasteiger partial charge in [-0.25, -0.2) is 0 Å². The van der Waals surface area contributed by atoms with Gasteiger partial charge in [-0.3, -0.25) is 0 Å². The van der Waals surface area contributed by atoms with Crippen molar-refractivity contribution in [1.82, 2.24) is 0 Å². The van der Waals surface area contributed by atoms with Gasteiger partial charge in [-0.1, -0.05) is 51.7 Å². The summed E-state index contributed by atoms with van der Waals surface area (Å²) in [4.78, 5) is 0. The fraction of sp³-hybridized carbons (Fsp3) is 0.625. The van der Waals surface area contributed by atoms with Crippen LogP contribution in [0.1, 0.15) is 57.6 Å². The molecule has 0 fully saturated rings. The summed E-state index contributed by atoms with van der Waals surface area (Å²) in [6.07, 6.45) is 6.20. The van der Waals surface area contributed by atoms with Gasteiger partial charge in [0.15, 0.2) is 0 Å². The molecule has 2 N–H and O–H groups in total. The van der Waals surface area contributed by atoms with Gasteiger partial charge in [-0.05, 0) is 30.0 Å². The first-order valence-electron chi connectivity index (χ1n) is 7.10. The summed E-state index contributed by atoms with van der Waals surface area (Å²) in [5.41, 5.74) is 7.51. The molecule has 0 saturated carbocycles. The lowest BCUT2D eigenvalue weighted by atomic mass is 9.89. The van der Waals surface area contributed by atoms with Gasteiger partial charge < -0.3 is 10.5 Å². The number of hydrogen-bond donors (Lipinski definition) is 1. The smallest absolute Gasteiger partial charge is 0.118 e. The van der Waals surface area contributed by atoms with Crippen LogP contribution in [0.3, 0.4) is 0 Å². The van der Waals surface area contributed by atoms with E-state index in [1.165, 1.54) is 31.2 Å². The van der Waals surface area contributed by atoms with Crippen molar-refractivity contribution in [2.24, 2.45) is 11.7 Å². The van der Waals surface area contributed by atoms with Crippen LogP contribution in [-0.2, 0) is 0 Å². The molecule has 0 aliphatic rings. The third-order valence-electron chi connectivity index (χ3n) is 3.67. The molecule has 0 amide bonds. The second kappa shape index (κ2) is 8.15. The Kier molecular flexibility index (Phi) is 6.81. The zero-order valence-corrected chi connectivity index (χ0v) is 12.0. The van der Waals surface area contributed by atoms with E-state index in [4.69, 9.17) is 10.5 Å². The molecule has 2 unspecified atom stereocenters. The molecule has 2 nitrogen and oxygen atoms in total. The summed E-state index contributed by atoms with van der Waals surface area (Å²) in [5.74, 6) is 1.64. The number of ether oxygens (including phenoxy) is 1. The standard InChI is InChI=1S/C16H27NO/c1-4-6-7-13(5-2)12-16(17)14-8-10-15(18-3)11-9-14/h8-11,13,16H,4-7,12,17H2,1-3H3.